The molecule has 19 heavy (non-hydrogen) atoms. The van der Waals surface area contributed by atoms with Crippen LogP contribution < -0.4 is 15.2 Å². The molecule has 104 valence electrons. The molecule has 0 bridgehead atoms. The first-order chi connectivity index (χ1) is 9.13. The summed E-state index contributed by atoms with van der Waals surface area (Å²) in [5, 5.41) is 0. The van der Waals surface area contributed by atoms with Gasteiger partial charge in [-0.1, -0.05) is 0 Å². The van der Waals surface area contributed by atoms with Crippen LogP contribution in [-0.2, 0) is 0 Å². The molecule has 1 heterocycles. The van der Waals surface area contributed by atoms with E-state index in [9.17, 15) is 4.79 Å². The number of likely N-dealkylation sites (N-methyl/N-ethyl adjacent to an activating group) is 1. The molecule has 1 aromatic carbocycles. The molecule has 0 aromatic heterocycles. The molecule has 5 heteroatoms. The number of Topliss-reactive ketones (excluding diaryl/α,β-unsaturated/α-hetero) is 1. The van der Waals surface area contributed by atoms with E-state index in [0.29, 0.717) is 17.1 Å². The third-order valence-corrected chi connectivity index (χ3v) is 3.31. The molecular weight excluding hydrogens is 244 g/mol. The van der Waals surface area contributed by atoms with E-state index in [1.165, 1.54) is 0 Å². The summed E-state index contributed by atoms with van der Waals surface area (Å²) in [6.07, 6.45) is 1.12. The van der Waals surface area contributed by atoms with Crippen LogP contribution in [0.15, 0.2) is 18.2 Å². The number of benzene rings is 1. The fourth-order valence-electron chi connectivity index (χ4n) is 2.23. The zero-order valence-electron chi connectivity index (χ0n) is 11.4. The number of likely N-dealkylation sites (tertiary alicyclic amines) is 1. The Balaban J connectivity index is 2.18. The van der Waals surface area contributed by atoms with Gasteiger partial charge in [0.05, 0.1) is 13.7 Å². The fraction of sp³-hybridized carbons (Fsp3) is 0.500. The maximum absolute atomic E-state index is 11.6. The molecule has 0 spiro atoms. The van der Waals surface area contributed by atoms with Crippen molar-refractivity contribution in [2.24, 2.45) is 5.73 Å². The molecule has 1 aliphatic heterocycles. The monoisotopic (exact) mass is 264 g/mol. The average Bonchev–Trinajstić information content (AvgIpc) is 2.83. The maximum atomic E-state index is 11.6. The van der Waals surface area contributed by atoms with E-state index in [4.69, 9.17) is 15.2 Å². The van der Waals surface area contributed by atoms with Gasteiger partial charge in [0.2, 0.25) is 0 Å². The first kappa shape index (κ1) is 13.8. The Hall–Kier alpha value is -1.59. The number of methoxy groups -OCH3 is 1. The SMILES string of the molecule is COc1ccc(C(=O)CN)cc1OC1CCN(C)C1. The van der Waals surface area contributed by atoms with E-state index in [-0.39, 0.29) is 18.4 Å². The van der Waals surface area contributed by atoms with E-state index >= 15 is 0 Å². The molecule has 1 saturated heterocycles. The van der Waals surface area contributed by atoms with Crippen molar-refractivity contribution in [3.8, 4) is 11.5 Å². The third kappa shape index (κ3) is 3.24. The van der Waals surface area contributed by atoms with E-state index in [1.807, 2.05) is 0 Å². The van der Waals surface area contributed by atoms with Crippen LogP contribution in [0.4, 0.5) is 0 Å². The van der Waals surface area contributed by atoms with Crippen molar-refractivity contribution >= 4 is 5.78 Å². The van der Waals surface area contributed by atoms with Crippen molar-refractivity contribution in [3.63, 3.8) is 0 Å². The number of carbonyl (C=O) groups is 1. The molecule has 2 N–H and O–H groups in total. The molecule has 2 rings (SSSR count). The molecular formula is C14H20N2O3. The van der Waals surface area contributed by atoms with Gasteiger partial charge in [-0.15, -0.1) is 0 Å². The van der Waals surface area contributed by atoms with Crippen LogP contribution in [0.3, 0.4) is 0 Å². The average molecular weight is 264 g/mol. The lowest BCUT2D eigenvalue weighted by Gasteiger charge is -2.17. The van der Waals surface area contributed by atoms with Crippen molar-refractivity contribution in [3.05, 3.63) is 23.8 Å². The summed E-state index contributed by atoms with van der Waals surface area (Å²) in [7, 11) is 3.66. The van der Waals surface area contributed by atoms with Crippen LogP contribution >= 0.6 is 0 Å². The van der Waals surface area contributed by atoms with Crippen LogP contribution in [0, 0.1) is 0 Å². The highest BCUT2D eigenvalue weighted by Gasteiger charge is 2.22. The molecule has 0 radical (unpaired) electrons. The quantitative estimate of drug-likeness (QED) is 0.801. The number of carbonyl (C=O) groups excluding carboxylic acids is 1. The number of hydrogen-bond acceptors (Lipinski definition) is 5. The molecule has 1 unspecified atom stereocenters. The Labute approximate surface area is 113 Å². The number of nitrogens with zero attached hydrogens (tertiary/aromatic N) is 1. The van der Waals surface area contributed by atoms with E-state index in [2.05, 4.69) is 11.9 Å². The van der Waals surface area contributed by atoms with Gasteiger partial charge in [-0.2, -0.15) is 0 Å². The lowest BCUT2D eigenvalue weighted by molar-refractivity contribution is 0.100. The third-order valence-electron chi connectivity index (χ3n) is 3.31. The number of hydrogen-bond donors (Lipinski definition) is 1. The zero-order chi connectivity index (χ0) is 13.8. The van der Waals surface area contributed by atoms with Gasteiger partial charge in [0.1, 0.15) is 6.10 Å². The maximum Gasteiger partial charge on any atom is 0.176 e. The summed E-state index contributed by atoms with van der Waals surface area (Å²) in [6.45, 7) is 1.91. The Kier molecular flexibility index (Phi) is 4.39. The second-order valence-electron chi connectivity index (χ2n) is 4.78. The highest BCUT2D eigenvalue weighted by molar-refractivity contribution is 5.98. The Bertz CT molecular complexity index is 462. The standard InChI is InChI=1S/C14H20N2O3/c1-16-6-5-11(9-16)19-14-7-10(12(17)8-15)3-4-13(14)18-2/h3-4,7,11H,5-6,8-9,15H2,1-2H3. The molecule has 1 aliphatic rings. The summed E-state index contributed by atoms with van der Waals surface area (Å²) in [6, 6.07) is 5.17. The van der Waals surface area contributed by atoms with Gasteiger partial charge in [-0.3, -0.25) is 4.79 Å². The van der Waals surface area contributed by atoms with Crippen LogP contribution in [0.5, 0.6) is 11.5 Å². The van der Waals surface area contributed by atoms with Crippen LogP contribution in [-0.4, -0.2) is 50.6 Å². The summed E-state index contributed by atoms with van der Waals surface area (Å²) in [5.41, 5.74) is 5.94. The highest BCUT2D eigenvalue weighted by Crippen LogP contribution is 2.30. The first-order valence-corrected chi connectivity index (χ1v) is 6.40. The minimum absolute atomic E-state index is 0.00205. The van der Waals surface area contributed by atoms with E-state index in [0.717, 1.165) is 19.5 Å². The summed E-state index contributed by atoms with van der Waals surface area (Å²) in [5.74, 6) is 1.15. The largest absolute Gasteiger partial charge is 0.493 e. The Morgan fingerprint density at radius 2 is 2.26 bits per heavy atom. The molecule has 1 atom stereocenters. The van der Waals surface area contributed by atoms with Crippen molar-refractivity contribution < 1.29 is 14.3 Å². The first-order valence-electron chi connectivity index (χ1n) is 6.40. The normalized spacial score (nSPS) is 19.4. The van der Waals surface area contributed by atoms with Crippen molar-refractivity contribution in [1.82, 2.24) is 4.90 Å². The zero-order valence-corrected chi connectivity index (χ0v) is 11.4. The number of ketones is 1. The van der Waals surface area contributed by atoms with Crippen molar-refractivity contribution in [2.75, 3.05) is 33.8 Å². The minimum Gasteiger partial charge on any atom is -0.493 e. The highest BCUT2D eigenvalue weighted by atomic mass is 16.5. The summed E-state index contributed by atoms with van der Waals surface area (Å²) >= 11 is 0. The smallest absolute Gasteiger partial charge is 0.176 e. The van der Waals surface area contributed by atoms with Gasteiger partial charge in [0.15, 0.2) is 17.3 Å². The van der Waals surface area contributed by atoms with Gasteiger partial charge in [0, 0.05) is 18.7 Å². The topological polar surface area (TPSA) is 64.8 Å². The van der Waals surface area contributed by atoms with Crippen LogP contribution in [0.2, 0.25) is 0 Å². The molecule has 0 aliphatic carbocycles. The molecule has 1 aromatic rings. The van der Waals surface area contributed by atoms with E-state index in [1.54, 1.807) is 25.3 Å². The van der Waals surface area contributed by atoms with Crippen molar-refractivity contribution in [1.29, 1.82) is 0 Å². The predicted molar refractivity (Wildman–Crippen MR) is 72.9 cm³/mol. The molecule has 1 fully saturated rings. The Morgan fingerprint density at radius 3 is 2.84 bits per heavy atom. The van der Waals surface area contributed by atoms with Gasteiger partial charge in [-0.05, 0) is 31.7 Å². The molecule has 5 nitrogen and oxygen atoms in total. The second kappa shape index (κ2) is 6.04. The van der Waals surface area contributed by atoms with E-state index < -0.39 is 0 Å². The summed E-state index contributed by atoms with van der Waals surface area (Å²) in [4.78, 5) is 13.8. The van der Waals surface area contributed by atoms with Gasteiger partial charge < -0.3 is 20.1 Å². The lowest BCUT2D eigenvalue weighted by atomic mass is 10.1. The second-order valence-corrected chi connectivity index (χ2v) is 4.78. The number of nitrogens with two attached hydrogens (primary N) is 1. The van der Waals surface area contributed by atoms with Gasteiger partial charge in [-0.25, -0.2) is 0 Å². The fourth-order valence-corrected chi connectivity index (χ4v) is 2.23. The number of ether oxygens (including phenoxy) is 2. The van der Waals surface area contributed by atoms with Gasteiger partial charge in [0.25, 0.3) is 0 Å². The van der Waals surface area contributed by atoms with Gasteiger partial charge >= 0.3 is 0 Å². The molecule has 0 amide bonds. The molecule has 0 saturated carbocycles. The number of rotatable bonds is 5. The van der Waals surface area contributed by atoms with Crippen LogP contribution in [0.1, 0.15) is 16.8 Å². The predicted octanol–water partition coefficient (Wildman–Crippen LogP) is 0.919. The summed E-state index contributed by atoms with van der Waals surface area (Å²) < 4.78 is 11.2. The Morgan fingerprint density at radius 1 is 1.47 bits per heavy atom. The lowest BCUT2D eigenvalue weighted by Crippen LogP contribution is -2.22. The van der Waals surface area contributed by atoms with Crippen LogP contribution in [0.25, 0.3) is 0 Å². The van der Waals surface area contributed by atoms with Crippen molar-refractivity contribution in [2.45, 2.75) is 12.5 Å². The minimum atomic E-state index is -0.101.